The van der Waals surface area contributed by atoms with Crippen LogP contribution in [0.15, 0.2) is 28.6 Å². The Morgan fingerprint density at radius 2 is 2.17 bits per heavy atom. The number of carbonyl (C=O) groups excluding carboxylic acids is 2. The van der Waals surface area contributed by atoms with E-state index in [1.165, 1.54) is 11.3 Å². The second-order valence-corrected chi connectivity index (χ2v) is 9.23. The molecule has 2 aromatic rings. The Hall–Kier alpha value is -2.01. The Morgan fingerprint density at radius 3 is 2.97 bits per heavy atom. The largest absolute Gasteiger partial charge is 0.350 e. The lowest BCUT2D eigenvalue weighted by Crippen LogP contribution is -2.28. The fraction of sp³-hybridized carbons (Fsp3) is 0.474. The lowest BCUT2D eigenvalue weighted by molar-refractivity contribution is -0.122. The average Bonchev–Trinajstić information content (AvgIpc) is 3.44. The van der Waals surface area contributed by atoms with Gasteiger partial charge in [-0.05, 0) is 24.6 Å². The fourth-order valence-electron chi connectivity index (χ4n) is 3.27. The molecule has 2 fully saturated rings. The number of anilines is 2. The van der Waals surface area contributed by atoms with Crippen molar-refractivity contribution < 1.29 is 19.1 Å². The zero-order chi connectivity index (χ0) is 20.2. The predicted octanol–water partition coefficient (Wildman–Crippen LogP) is 2.69. The van der Waals surface area contributed by atoms with E-state index < -0.39 is 5.92 Å². The summed E-state index contributed by atoms with van der Waals surface area (Å²) in [5.74, 6) is 0.157. The van der Waals surface area contributed by atoms with Crippen molar-refractivity contribution in [3.05, 3.63) is 29.8 Å². The highest BCUT2D eigenvalue weighted by Gasteiger charge is 2.35. The summed E-state index contributed by atoms with van der Waals surface area (Å²) in [4.78, 5) is 26.7. The molecular weight excluding hydrogens is 412 g/mol. The number of nitrogens with one attached hydrogen (secondary N) is 1. The first kappa shape index (κ1) is 20.3. The first-order valence-corrected chi connectivity index (χ1v) is 11.3. The maximum Gasteiger partial charge on any atom is 0.231 e. The molecule has 3 heterocycles. The van der Waals surface area contributed by atoms with Crippen LogP contribution in [0.25, 0.3) is 0 Å². The number of aromatic nitrogens is 2. The second kappa shape index (κ2) is 9.21. The molecule has 2 aliphatic rings. The van der Waals surface area contributed by atoms with E-state index in [0.717, 1.165) is 27.8 Å². The molecule has 2 amide bonds. The molecule has 0 aliphatic carbocycles. The third kappa shape index (κ3) is 5.13. The molecule has 29 heavy (non-hydrogen) atoms. The fourth-order valence-corrected chi connectivity index (χ4v) is 5.06. The molecule has 0 saturated carbocycles. The molecule has 0 radical (unpaired) electrons. The van der Waals surface area contributed by atoms with Crippen molar-refractivity contribution in [3.63, 3.8) is 0 Å². The molecule has 2 saturated heterocycles. The van der Waals surface area contributed by atoms with E-state index in [4.69, 9.17) is 9.47 Å². The number of hydrogen-bond donors (Lipinski definition) is 1. The van der Waals surface area contributed by atoms with Crippen molar-refractivity contribution in [2.24, 2.45) is 5.92 Å². The zero-order valence-corrected chi connectivity index (χ0v) is 17.6. The standard InChI is InChI=1S/C19H22N4O4S2/c1-12-3-2-4-14(9-12)23-11-13(10-15(23)24)17(25)20-18-21-22-19(29-18)28-8-5-16-26-6-7-27-16/h2-4,9,13,16H,5-8,10-11H2,1H3,(H,20,21,25)/t13-/m1/s1. The second-order valence-electron chi connectivity index (χ2n) is 6.92. The van der Waals surface area contributed by atoms with E-state index in [1.54, 1.807) is 16.7 Å². The molecular formula is C19H22N4O4S2. The molecule has 1 atom stereocenters. The monoisotopic (exact) mass is 434 g/mol. The van der Waals surface area contributed by atoms with Gasteiger partial charge >= 0.3 is 0 Å². The smallest absolute Gasteiger partial charge is 0.231 e. The minimum Gasteiger partial charge on any atom is -0.350 e. The number of amides is 2. The summed E-state index contributed by atoms with van der Waals surface area (Å²) < 4.78 is 11.6. The molecule has 2 aliphatic heterocycles. The number of aryl methyl sites for hydroxylation is 1. The SMILES string of the molecule is Cc1cccc(N2C[C@H](C(=O)Nc3nnc(SCCC4OCCO4)s3)CC2=O)c1. The van der Waals surface area contributed by atoms with Crippen LogP contribution >= 0.6 is 23.1 Å². The van der Waals surface area contributed by atoms with E-state index in [0.29, 0.717) is 24.9 Å². The highest BCUT2D eigenvalue weighted by Crippen LogP contribution is 2.29. The number of thioether (sulfide) groups is 1. The van der Waals surface area contributed by atoms with Crippen LogP contribution in [0.1, 0.15) is 18.4 Å². The first-order valence-electron chi connectivity index (χ1n) is 9.46. The Bertz CT molecular complexity index is 885. The molecule has 1 aromatic carbocycles. The summed E-state index contributed by atoms with van der Waals surface area (Å²) in [6.45, 7) is 3.65. The lowest BCUT2D eigenvalue weighted by Gasteiger charge is -2.17. The van der Waals surface area contributed by atoms with Crippen molar-refractivity contribution in [1.29, 1.82) is 0 Å². The number of nitrogens with zero attached hydrogens (tertiary/aromatic N) is 3. The minimum absolute atomic E-state index is 0.0411. The van der Waals surface area contributed by atoms with Crippen LogP contribution in [0.5, 0.6) is 0 Å². The normalized spacial score (nSPS) is 19.8. The van der Waals surface area contributed by atoms with E-state index in [2.05, 4.69) is 15.5 Å². The van der Waals surface area contributed by atoms with Crippen molar-refractivity contribution in [2.75, 3.05) is 35.7 Å². The van der Waals surface area contributed by atoms with Gasteiger partial charge < -0.3 is 19.7 Å². The van der Waals surface area contributed by atoms with E-state index >= 15 is 0 Å². The van der Waals surface area contributed by atoms with Crippen molar-refractivity contribution in [1.82, 2.24) is 10.2 Å². The van der Waals surface area contributed by atoms with Crippen LogP contribution < -0.4 is 10.2 Å². The molecule has 4 rings (SSSR count). The van der Waals surface area contributed by atoms with E-state index in [-0.39, 0.29) is 24.5 Å². The van der Waals surface area contributed by atoms with Gasteiger partial charge in [0.25, 0.3) is 0 Å². The highest BCUT2D eigenvalue weighted by molar-refractivity contribution is 8.01. The molecule has 10 heteroatoms. The maximum atomic E-state index is 12.6. The van der Waals surface area contributed by atoms with Crippen LogP contribution in [0.4, 0.5) is 10.8 Å². The first-order chi connectivity index (χ1) is 14.1. The summed E-state index contributed by atoms with van der Waals surface area (Å²) in [7, 11) is 0. The van der Waals surface area contributed by atoms with Gasteiger partial charge in [-0.3, -0.25) is 9.59 Å². The molecule has 154 valence electrons. The number of benzene rings is 1. The Balaban J connectivity index is 1.28. The summed E-state index contributed by atoms with van der Waals surface area (Å²) in [5, 5.41) is 11.4. The number of hydrogen-bond acceptors (Lipinski definition) is 8. The van der Waals surface area contributed by atoms with Gasteiger partial charge in [0.05, 0.1) is 19.1 Å². The van der Waals surface area contributed by atoms with Gasteiger partial charge in [-0.2, -0.15) is 0 Å². The van der Waals surface area contributed by atoms with Crippen LogP contribution in [0, 0.1) is 12.8 Å². The summed E-state index contributed by atoms with van der Waals surface area (Å²) >= 11 is 2.89. The molecule has 0 spiro atoms. The Labute approximate surface area is 177 Å². The third-order valence-electron chi connectivity index (χ3n) is 4.72. The molecule has 0 bridgehead atoms. The average molecular weight is 435 g/mol. The van der Waals surface area contributed by atoms with Gasteiger partial charge in [0, 0.05) is 30.8 Å². The minimum atomic E-state index is -0.403. The van der Waals surface area contributed by atoms with Gasteiger partial charge in [-0.1, -0.05) is 35.2 Å². The van der Waals surface area contributed by atoms with Gasteiger partial charge in [0.2, 0.25) is 16.9 Å². The molecule has 1 aromatic heterocycles. The summed E-state index contributed by atoms with van der Waals surface area (Å²) in [5.41, 5.74) is 1.91. The molecule has 8 nitrogen and oxygen atoms in total. The van der Waals surface area contributed by atoms with Gasteiger partial charge in [0.1, 0.15) is 0 Å². The quantitative estimate of drug-likeness (QED) is 0.529. The molecule has 0 unspecified atom stereocenters. The number of ether oxygens (including phenoxy) is 2. The van der Waals surface area contributed by atoms with Gasteiger partial charge in [-0.25, -0.2) is 0 Å². The summed E-state index contributed by atoms with van der Waals surface area (Å²) in [6, 6.07) is 7.74. The van der Waals surface area contributed by atoms with Crippen LogP contribution in [0.3, 0.4) is 0 Å². The van der Waals surface area contributed by atoms with Crippen LogP contribution in [-0.2, 0) is 19.1 Å². The summed E-state index contributed by atoms with van der Waals surface area (Å²) in [6.07, 6.45) is 0.845. The molecule has 1 N–H and O–H groups in total. The Morgan fingerprint density at radius 1 is 1.34 bits per heavy atom. The van der Waals surface area contributed by atoms with Crippen molar-refractivity contribution >= 4 is 45.7 Å². The van der Waals surface area contributed by atoms with Crippen molar-refractivity contribution in [2.45, 2.75) is 30.4 Å². The third-order valence-corrected chi connectivity index (χ3v) is 6.72. The highest BCUT2D eigenvalue weighted by atomic mass is 32.2. The van der Waals surface area contributed by atoms with Crippen molar-refractivity contribution in [3.8, 4) is 0 Å². The van der Waals surface area contributed by atoms with Crippen LogP contribution in [-0.4, -0.2) is 53.8 Å². The van der Waals surface area contributed by atoms with Crippen LogP contribution in [0.2, 0.25) is 0 Å². The van der Waals surface area contributed by atoms with E-state index in [9.17, 15) is 9.59 Å². The number of rotatable bonds is 7. The van der Waals surface area contributed by atoms with E-state index in [1.807, 2.05) is 31.2 Å². The predicted molar refractivity (Wildman–Crippen MR) is 111 cm³/mol. The Kier molecular flexibility index (Phi) is 6.43. The number of carbonyl (C=O) groups is 2. The van der Waals surface area contributed by atoms with Gasteiger partial charge in [0.15, 0.2) is 10.6 Å². The maximum absolute atomic E-state index is 12.6. The van der Waals surface area contributed by atoms with Gasteiger partial charge in [-0.15, -0.1) is 10.2 Å². The zero-order valence-electron chi connectivity index (χ0n) is 16.0. The topological polar surface area (TPSA) is 93.7 Å². The lowest BCUT2D eigenvalue weighted by atomic mass is 10.1.